The quantitative estimate of drug-likeness (QED) is 0.691. The molecule has 2 aromatic rings. The van der Waals surface area contributed by atoms with Crippen LogP contribution in [0.5, 0.6) is 0 Å². The Balaban J connectivity index is 2.39. The number of benzene rings is 1. The number of ketones is 1. The molecule has 0 aliphatic carbocycles. The van der Waals surface area contributed by atoms with Crippen molar-refractivity contribution in [1.82, 2.24) is 9.88 Å². The second kappa shape index (κ2) is 5.45. The standard InChI is InChI=1S/C14H15ClN2O2/c1-3-17(4-2)14(19)13(18)11-8-16-12-7-9(15)5-6-10(11)12/h5-8,16H,3-4H2,1-2H3. The fourth-order valence-corrected chi connectivity index (χ4v) is 2.23. The molecular weight excluding hydrogens is 264 g/mol. The Morgan fingerprint density at radius 2 is 1.95 bits per heavy atom. The largest absolute Gasteiger partial charge is 0.360 e. The Bertz CT molecular complexity index is 629. The summed E-state index contributed by atoms with van der Waals surface area (Å²) in [6.07, 6.45) is 1.56. The normalized spacial score (nSPS) is 10.7. The van der Waals surface area contributed by atoms with Gasteiger partial charge in [0.05, 0.1) is 5.56 Å². The monoisotopic (exact) mass is 278 g/mol. The summed E-state index contributed by atoms with van der Waals surface area (Å²) < 4.78 is 0. The Kier molecular flexibility index (Phi) is 3.90. The van der Waals surface area contributed by atoms with Crippen molar-refractivity contribution < 1.29 is 9.59 Å². The van der Waals surface area contributed by atoms with Gasteiger partial charge in [0.1, 0.15) is 0 Å². The topological polar surface area (TPSA) is 53.2 Å². The van der Waals surface area contributed by atoms with Crippen LogP contribution in [0.2, 0.25) is 5.02 Å². The van der Waals surface area contributed by atoms with E-state index in [0.717, 1.165) is 10.9 Å². The molecule has 0 bridgehead atoms. The molecule has 100 valence electrons. The highest BCUT2D eigenvalue weighted by atomic mass is 35.5. The summed E-state index contributed by atoms with van der Waals surface area (Å²) in [6.45, 7) is 4.75. The lowest BCUT2D eigenvalue weighted by molar-refractivity contribution is -0.126. The maximum absolute atomic E-state index is 12.2. The molecule has 0 aliphatic rings. The smallest absolute Gasteiger partial charge is 0.295 e. The molecule has 4 nitrogen and oxygen atoms in total. The highest BCUT2D eigenvalue weighted by molar-refractivity contribution is 6.45. The van der Waals surface area contributed by atoms with E-state index in [1.165, 1.54) is 4.90 Å². The number of amides is 1. The number of carbonyl (C=O) groups is 2. The predicted molar refractivity (Wildman–Crippen MR) is 75.6 cm³/mol. The van der Waals surface area contributed by atoms with Crippen molar-refractivity contribution in [2.75, 3.05) is 13.1 Å². The van der Waals surface area contributed by atoms with Crippen LogP contribution in [-0.4, -0.2) is 34.7 Å². The van der Waals surface area contributed by atoms with E-state index in [0.29, 0.717) is 23.7 Å². The second-order valence-electron chi connectivity index (χ2n) is 4.20. The third kappa shape index (κ3) is 2.49. The first kappa shape index (κ1) is 13.6. The average Bonchev–Trinajstić information content (AvgIpc) is 2.81. The van der Waals surface area contributed by atoms with Gasteiger partial charge in [-0.3, -0.25) is 9.59 Å². The van der Waals surface area contributed by atoms with Crippen molar-refractivity contribution in [3.8, 4) is 0 Å². The SMILES string of the molecule is CCN(CC)C(=O)C(=O)c1c[nH]c2cc(Cl)ccc12. The molecule has 1 heterocycles. The number of nitrogens with zero attached hydrogens (tertiary/aromatic N) is 1. The van der Waals surface area contributed by atoms with Gasteiger partial charge in [0.2, 0.25) is 0 Å². The van der Waals surface area contributed by atoms with Crippen molar-refractivity contribution in [2.24, 2.45) is 0 Å². The van der Waals surface area contributed by atoms with Crippen LogP contribution in [-0.2, 0) is 4.79 Å². The van der Waals surface area contributed by atoms with Gasteiger partial charge < -0.3 is 9.88 Å². The number of likely N-dealkylation sites (N-methyl/N-ethyl adjacent to an activating group) is 1. The Hall–Kier alpha value is -1.81. The van der Waals surface area contributed by atoms with Gasteiger partial charge in [-0.15, -0.1) is 0 Å². The number of H-pyrrole nitrogens is 1. The Morgan fingerprint density at radius 3 is 2.58 bits per heavy atom. The van der Waals surface area contributed by atoms with Crippen LogP contribution in [0.3, 0.4) is 0 Å². The minimum Gasteiger partial charge on any atom is -0.360 e. The van der Waals surface area contributed by atoms with Gasteiger partial charge in [0.25, 0.3) is 11.7 Å². The van der Waals surface area contributed by atoms with Gasteiger partial charge in [-0.05, 0) is 26.0 Å². The summed E-state index contributed by atoms with van der Waals surface area (Å²) in [5.41, 5.74) is 1.15. The zero-order chi connectivity index (χ0) is 14.0. The van der Waals surface area contributed by atoms with Crippen molar-refractivity contribution in [3.63, 3.8) is 0 Å². The van der Waals surface area contributed by atoms with Gasteiger partial charge >= 0.3 is 0 Å². The first-order valence-corrected chi connectivity index (χ1v) is 6.56. The average molecular weight is 279 g/mol. The fourth-order valence-electron chi connectivity index (χ4n) is 2.06. The zero-order valence-corrected chi connectivity index (χ0v) is 11.6. The van der Waals surface area contributed by atoms with E-state index in [9.17, 15) is 9.59 Å². The summed E-state index contributed by atoms with van der Waals surface area (Å²) in [5, 5.41) is 1.30. The molecule has 0 saturated carbocycles. The summed E-state index contributed by atoms with van der Waals surface area (Å²) in [4.78, 5) is 28.7. The van der Waals surface area contributed by atoms with E-state index in [2.05, 4.69) is 4.98 Å². The summed E-state index contributed by atoms with van der Waals surface area (Å²) >= 11 is 5.89. The molecule has 5 heteroatoms. The van der Waals surface area contributed by atoms with E-state index in [1.807, 2.05) is 13.8 Å². The maximum atomic E-state index is 12.2. The molecule has 0 spiro atoms. The number of halogens is 1. The molecule has 0 aliphatic heterocycles. The molecule has 1 amide bonds. The Morgan fingerprint density at radius 1 is 1.26 bits per heavy atom. The number of fused-ring (bicyclic) bond motifs is 1. The molecule has 0 radical (unpaired) electrons. The summed E-state index contributed by atoms with van der Waals surface area (Å²) in [5.74, 6) is -0.960. The number of carbonyl (C=O) groups excluding carboxylic acids is 2. The minimum absolute atomic E-state index is 0.392. The molecule has 0 atom stereocenters. The van der Waals surface area contributed by atoms with E-state index in [1.54, 1.807) is 24.4 Å². The number of aromatic amines is 1. The van der Waals surface area contributed by atoms with Crippen LogP contribution in [0.4, 0.5) is 0 Å². The van der Waals surface area contributed by atoms with E-state index in [-0.39, 0.29) is 0 Å². The molecule has 19 heavy (non-hydrogen) atoms. The van der Waals surface area contributed by atoms with Crippen LogP contribution in [0, 0.1) is 0 Å². The number of aromatic nitrogens is 1. The maximum Gasteiger partial charge on any atom is 0.295 e. The zero-order valence-electron chi connectivity index (χ0n) is 10.9. The first-order chi connectivity index (χ1) is 9.08. The van der Waals surface area contributed by atoms with Crippen molar-refractivity contribution in [1.29, 1.82) is 0 Å². The van der Waals surface area contributed by atoms with Crippen LogP contribution < -0.4 is 0 Å². The number of nitrogens with one attached hydrogen (secondary N) is 1. The minimum atomic E-state index is -0.489. The number of hydrogen-bond acceptors (Lipinski definition) is 2. The number of rotatable bonds is 4. The summed E-state index contributed by atoms with van der Waals surface area (Å²) in [7, 11) is 0. The fraction of sp³-hybridized carbons (Fsp3) is 0.286. The lowest BCUT2D eigenvalue weighted by Gasteiger charge is -2.17. The molecule has 0 saturated heterocycles. The van der Waals surface area contributed by atoms with E-state index < -0.39 is 11.7 Å². The van der Waals surface area contributed by atoms with Crippen LogP contribution in [0.1, 0.15) is 24.2 Å². The number of hydrogen-bond donors (Lipinski definition) is 1. The highest BCUT2D eigenvalue weighted by Gasteiger charge is 2.23. The number of Topliss-reactive ketones (excluding diaryl/α,β-unsaturated/α-hetero) is 1. The lowest BCUT2D eigenvalue weighted by Crippen LogP contribution is -2.36. The molecule has 0 fully saturated rings. The van der Waals surface area contributed by atoms with Crippen molar-refractivity contribution in [2.45, 2.75) is 13.8 Å². The van der Waals surface area contributed by atoms with Crippen LogP contribution in [0.25, 0.3) is 10.9 Å². The van der Waals surface area contributed by atoms with Gasteiger partial charge in [0.15, 0.2) is 0 Å². The molecule has 2 rings (SSSR count). The van der Waals surface area contributed by atoms with Crippen molar-refractivity contribution in [3.05, 3.63) is 35.0 Å². The van der Waals surface area contributed by atoms with Gasteiger partial charge in [0, 0.05) is 35.2 Å². The van der Waals surface area contributed by atoms with Gasteiger partial charge in [-0.2, -0.15) is 0 Å². The van der Waals surface area contributed by atoms with Gasteiger partial charge in [-0.1, -0.05) is 17.7 Å². The third-order valence-electron chi connectivity index (χ3n) is 3.13. The first-order valence-electron chi connectivity index (χ1n) is 6.18. The Labute approximate surface area is 116 Å². The molecule has 1 aromatic carbocycles. The van der Waals surface area contributed by atoms with Crippen LogP contribution >= 0.6 is 11.6 Å². The van der Waals surface area contributed by atoms with E-state index in [4.69, 9.17) is 11.6 Å². The predicted octanol–water partition coefficient (Wildman–Crippen LogP) is 2.87. The lowest BCUT2D eigenvalue weighted by atomic mass is 10.1. The van der Waals surface area contributed by atoms with Gasteiger partial charge in [-0.25, -0.2) is 0 Å². The van der Waals surface area contributed by atoms with E-state index >= 15 is 0 Å². The molecule has 1 N–H and O–H groups in total. The summed E-state index contributed by atoms with van der Waals surface area (Å²) in [6, 6.07) is 5.18. The van der Waals surface area contributed by atoms with Crippen LogP contribution in [0.15, 0.2) is 24.4 Å². The molecule has 0 unspecified atom stereocenters. The highest BCUT2D eigenvalue weighted by Crippen LogP contribution is 2.22. The molecular formula is C14H15ClN2O2. The second-order valence-corrected chi connectivity index (χ2v) is 4.64. The third-order valence-corrected chi connectivity index (χ3v) is 3.37. The van der Waals surface area contributed by atoms with Crippen molar-refractivity contribution >= 4 is 34.2 Å². The molecule has 1 aromatic heterocycles.